The third-order valence-electron chi connectivity index (χ3n) is 7.16. The molecule has 4 saturated carbocycles. The Morgan fingerprint density at radius 3 is 2.79 bits per heavy atom. The topological polar surface area (TPSA) is 26.3 Å². The number of rotatable bonds is 2. The molecule has 2 nitrogen and oxygen atoms in total. The van der Waals surface area contributed by atoms with E-state index in [2.05, 4.69) is 20.4 Å². The molecule has 0 aromatic rings. The Labute approximate surface area is 115 Å². The van der Waals surface area contributed by atoms with Crippen LogP contribution in [0.3, 0.4) is 0 Å². The Bertz CT molecular complexity index is 456. The minimum absolute atomic E-state index is 0.146. The summed E-state index contributed by atoms with van der Waals surface area (Å²) in [6.07, 6.45) is 8.10. The Morgan fingerprint density at radius 2 is 2.05 bits per heavy atom. The summed E-state index contributed by atoms with van der Waals surface area (Å²) in [5.41, 5.74) is 0.849. The fourth-order valence-electron chi connectivity index (χ4n) is 6.78. The lowest BCUT2D eigenvalue weighted by atomic mass is 9.60. The van der Waals surface area contributed by atoms with E-state index in [0.717, 1.165) is 30.1 Å². The lowest BCUT2D eigenvalue weighted by Gasteiger charge is -2.46. The fourth-order valence-corrected chi connectivity index (χ4v) is 6.78. The van der Waals surface area contributed by atoms with Gasteiger partial charge in [-0.05, 0) is 61.2 Å². The van der Waals surface area contributed by atoms with E-state index < -0.39 is 0 Å². The Balaban J connectivity index is 1.65. The number of ether oxygens (including phenoxy) is 1. The summed E-state index contributed by atoms with van der Waals surface area (Å²) >= 11 is 0. The van der Waals surface area contributed by atoms with Gasteiger partial charge in [0.1, 0.15) is 6.10 Å². The summed E-state index contributed by atoms with van der Waals surface area (Å²) < 4.78 is 5.69. The zero-order valence-corrected chi connectivity index (χ0v) is 12.0. The minimum atomic E-state index is -0.232. The van der Waals surface area contributed by atoms with Gasteiger partial charge in [-0.3, -0.25) is 0 Å². The molecule has 0 heterocycles. The normalized spacial score (nSPS) is 57.3. The lowest BCUT2D eigenvalue weighted by molar-refractivity contribution is -0.154. The number of carbonyl (C=O) groups is 1. The molecule has 7 atom stereocenters. The summed E-state index contributed by atoms with van der Waals surface area (Å²) in [4.78, 5) is 11.6. The molecule has 4 aliphatic carbocycles. The van der Waals surface area contributed by atoms with Crippen LogP contribution in [0, 0.1) is 34.5 Å². The van der Waals surface area contributed by atoms with Crippen LogP contribution in [0.4, 0.5) is 0 Å². The predicted molar refractivity (Wildman–Crippen MR) is 73.3 cm³/mol. The molecule has 0 saturated heterocycles. The van der Waals surface area contributed by atoms with Gasteiger partial charge < -0.3 is 4.74 Å². The third-order valence-corrected chi connectivity index (χ3v) is 7.16. The first-order valence-electron chi connectivity index (χ1n) is 7.81. The van der Waals surface area contributed by atoms with Crippen molar-refractivity contribution >= 4 is 5.97 Å². The van der Waals surface area contributed by atoms with Gasteiger partial charge in [-0.1, -0.05) is 20.4 Å². The van der Waals surface area contributed by atoms with Gasteiger partial charge in [-0.25, -0.2) is 4.79 Å². The van der Waals surface area contributed by atoms with Gasteiger partial charge in [0.2, 0.25) is 0 Å². The van der Waals surface area contributed by atoms with Crippen molar-refractivity contribution in [3.05, 3.63) is 12.7 Å². The van der Waals surface area contributed by atoms with Gasteiger partial charge in [-0.2, -0.15) is 0 Å². The van der Waals surface area contributed by atoms with Crippen molar-refractivity contribution in [1.29, 1.82) is 0 Å². The molecule has 4 aliphatic rings. The highest BCUT2D eigenvalue weighted by Crippen LogP contribution is 2.76. The van der Waals surface area contributed by atoms with Crippen LogP contribution in [0.25, 0.3) is 0 Å². The van der Waals surface area contributed by atoms with E-state index in [9.17, 15) is 4.79 Å². The van der Waals surface area contributed by atoms with E-state index in [4.69, 9.17) is 4.74 Å². The van der Waals surface area contributed by atoms with Crippen LogP contribution < -0.4 is 0 Å². The van der Waals surface area contributed by atoms with E-state index in [-0.39, 0.29) is 17.5 Å². The van der Waals surface area contributed by atoms with Crippen molar-refractivity contribution in [3.8, 4) is 0 Å². The van der Waals surface area contributed by atoms with Crippen LogP contribution >= 0.6 is 0 Å². The largest absolute Gasteiger partial charge is 0.459 e. The van der Waals surface area contributed by atoms with Crippen molar-refractivity contribution in [1.82, 2.24) is 0 Å². The van der Waals surface area contributed by atoms with E-state index in [1.807, 2.05) is 0 Å². The molecular weight excluding hydrogens is 236 g/mol. The van der Waals surface area contributed by atoms with E-state index in [1.165, 1.54) is 31.8 Å². The molecular formula is C17H24O2. The molecule has 0 aromatic heterocycles. The van der Waals surface area contributed by atoms with E-state index >= 15 is 0 Å². The predicted octanol–water partition coefficient (Wildman–Crippen LogP) is 3.57. The molecule has 4 fully saturated rings. The van der Waals surface area contributed by atoms with Crippen LogP contribution in [0.1, 0.15) is 46.0 Å². The highest BCUT2D eigenvalue weighted by molar-refractivity contribution is 5.81. The second-order valence-electron chi connectivity index (χ2n) is 8.04. The summed E-state index contributed by atoms with van der Waals surface area (Å²) in [5, 5.41) is 0. The van der Waals surface area contributed by atoms with Crippen molar-refractivity contribution in [2.24, 2.45) is 34.5 Å². The average molecular weight is 260 g/mol. The number of carbonyl (C=O) groups excluding carboxylic acids is 1. The summed E-state index contributed by atoms with van der Waals surface area (Å²) in [6, 6.07) is 0. The maximum atomic E-state index is 11.6. The molecule has 0 aromatic carbocycles. The van der Waals surface area contributed by atoms with Gasteiger partial charge in [0.25, 0.3) is 0 Å². The zero-order chi connectivity index (χ0) is 13.4. The molecule has 0 N–H and O–H groups in total. The van der Waals surface area contributed by atoms with Crippen LogP contribution in [-0.2, 0) is 9.53 Å². The van der Waals surface area contributed by atoms with Crippen LogP contribution in [0.15, 0.2) is 12.7 Å². The molecule has 4 bridgehead atoms. The number of hydrogen-bond donors (Lipinski definition) is 0. The van der Waals surface area contributed by atoms with E-state index in [0.29, 0.717) is 5.41 Å². The van der Waals surface area contributed by atoms with Crippen molar-refractivity contribution in [3.63, 3.8) is 0 Å². The van der Waals surface area contributed by atoms with E-state index in [1.54, 1.807) is 0 Å². The maximum absolute atomic E-state index is 11.6. The molecule has 19 heavy (non-hydrogen) atoms. The van der Waals surface area contributed by atoms with Gasteiger partial charge in [-0.15, -0.1) is 0 Å². The van der Waals surface area contributed by atoms with Gasteiger partial charge in [0.15, 0.2) is 0 Å². The van der Waals surface area contributed by atoms with Crippen molar-refractivity contribution < 1.29 is 9.53 Å². The second-order valence-corrected chi connectivity index (χ2v) is 8.04. The molecule has 0 radical (unpaired) electrons. The smallest absolute Gasteiger partial charge is 0.330 e. The Kier molecular flexibility index (Phi) is 2.18. The minimum Gasteiger partial charge on any atom is -0.459 e. The monoisotopic (exact) mass is 260 g/mol. The highest BCUT2D eigenvalue weighted by Gasteiger charge is 2.71. The number of esters is 1. The van der Waals surface area contributed by atoms with Gasteiger partial charge in [0, 0.05) is 11.5 Å². The van der Waals surface area contributed by atoms with Crippen LogP contribution in [0.2, 0.25) is 0 Å². The SMILES string of the molecule is C=CC(=O)OC1CC2CC1(C)C1C3CCC(C)(C3)C21. The third kappa shape index (κ3) is 1.31. The first-order valence-corrected chi connectivity index (χ1v) is 7.81. The summed E-state index contributed by atoms with van der Waals surface area (Å²) in [7, 11) is 0. The summed E-state index contributed by atoms with van der Waals surface area (Å²) in [6.45, 7) is 8.44. The van der Waals surface area contributed by atoms with Crippen LogP contribution in [0.5, 0.6) is 0 Å². The highest BCUT2D eigenvalue weighted by atomic mass is 16.5. The molecule has 2 heteroatoms. The fraction of sp³-hybridized carbons (Fsp3) is 0.824. The standard InChI is InChI=1S/C17H24O2/c1-4-13(18)19-12-7-11-9-17(12,3)15-10-5-6-16(2,8-10)14(11)15/h4,10-12,14-15H,1,5-9H2,2-3H3. The Hall–Kier alpha value is -0.790. The van der Waals surface area contributed by atoms with Gasteiger partial charge in [0.05, 0.1) is 0 Å². The number of hydrogen-bond acceptors (Lipinski definition) is 2. The zero-order valence-electron chi connectivity index (χ0n) is 12.0. The average Bonchev–Trinajstić information content (AvgIpc) is 3.04. The first-order chi connectivity index (χ1) is 8.98. The lowest BCUT2D eigenvalue weighted by Crippen LogP contribution is -2.45. The maximum Gasteiger partial charge on any atom is 0.330 e. The molecule has 0 spiro atoms. The second kappa shape index (κ2) is 3.45. The van der Waals surface area contributed by atoms with Crippen molar-refractivity contribution in [2.75, 3.05) is 0 Å². The molecule has 104 valence electrons. The number of fused-ring (bicyclic) bond motifs is 9. The Morgan fingerprint density at radius 1 is 1.26 bits per heavy atom. The molecule has 0 amide bonds. The first kappa shape index (κ1) is 12.0. The van der Waals surface area contributed by atoms with Crippen molar-refractivity contribution in [2.45, 2.75) is 52.1 Å². The quantitative estimate of drug-likeness (QED) is 0.431. The van der Waals surface area contributed by atoms with Crippen LogP contribution in [-0.4, -0.2) is 12.1 Å². The summed E-state index contributed by atoms with van der Waals surface area (Å²) in [5.74, 6) is 3.19. The molecule has 4 rings (SSSR count). The molecule has 7 unspecified atom stereocenters. The van der Waals surface area contributed by atoms with Gasteiger partial charge >= 0.3 is 5.97 Å². The molecule has 0 aliphatic heterocycles.